The summed E-state index contributed by atoms with van der Waals surface area (Å²) in [5.41, 5.74) is 4.16. The van der Waals surface area contributed by atoms with Crippen molar-refractivity contribution in [2.45, 2.75) is 25.2 Å². The van der Waals surface area contributed by atoms with Crippen LogP contribution in [0.4, 0.5) is 18.9 Å². The maximum Gasteiger partial charge on any atom is 0.416 e. The van der Waals surface area contributed by atoms with Crippen molar-refractivity contribution in [2.24, 2.45) is 0 Å². The molecular weight excluding hydrogens is 419 g/mol. The van der Waals surface area contributed by atoms with Gasteiger partial charge in [-0.1, -0.05) is 30.3 Å². The Hall–Kier alpha value is -3.41. The molecule has 4 rings (SSSR count). The van der Waals surface area contributed by atoms with Gasteiger partial charge in [0.15, 0.2) is 0 Å². The van der Waals surface area contributed by atoms with Gasteiger partial charge in [0.2, 0.25) is 0 Å². The Morgan fingerprint density at radius 3 is 2.53 bits per heavy atom. The lowest BCUT2D eigenvalue weighted by Crippen LogP contribution is -2.31. The number of rotatable bonds is 4. The lowest BCUT2D eigenvalue weighted by molar-refractivity contribution is -0.137. The molecule has 164 valence electrons. The average Bonchev–Trinajstić information content (AvgIpc) is 2.82. The number of hydrogen-bond donors (Lipinski definition) is 2. The number of anilines is 1. The van der Waals surface area contributed by atoms with Crippen molar-refractivity contribution in [3.05, 3.63) is 82.7 Å². The highest BCUT2D eigenvalue weighted by molar-refractivity contribution is 5.70. The molecule has 0 fully saturated rings. The van der Waals surface area contributed by atoms with E-state index in [-0.39, 0.29) is 11.4 Å². The molecule has 3 aromatic rings. The number of aliphatic hydroxyl groups is 2. The largest absolute Gasteiger partial charge is 0.416 e. The van der Waals surface area contributed by atoms with Crippen LogP contribution in [0, 0.1) is 11.3 Å². The number of benzene rings is 2. The third kappa shape index (κ3) is 4.31. The Balaban J connectivity index is 1.65. The number of nitrogens with zero attached hydrogens (tertiary/aromatic N) is 3. The van der Waals surface area contributed by atoms with Crippen molar-refractivity contribution < 1.29 is 23.4 Å². The van der Waals surface area contributed by atoms with Crippen molar-refractivity contribution in [1.82, 2.24) is 4.98 Å². The van der Waals surface area contributed by atoms with Crippen molar-refractivity contribution in [3.8, 4) is 17.2 Å². The highest BCUT2D eigenvalue weighted by Gasteiger charge is 2.30. The zero-order valence-corrected chi connectivity index (χ0v) is 17.0. The predicted molar refractivity (Wildman–Crippen MR) is 113 cm³/mol. The Morgan fingerprint density at radius 1 is 1.12 bits per heavy atom. The lowest BCUT2D eigenvalue weighted by atomic mass is 9.90. The molecule has 0 aliphatic carbocycles. The molecule has 1 aliphatic heterocycles. The van der Waals surface area contributed by atoms with Gasteiger partial charge in [-0.3, -0.25) is 0 Å². The fraction of sp³-hybridized carbons (Fsp3) is 0.250. The van der Waals surface area contributed by atoms with Gasteiger partial charge in [-0.05, 0) is 52.9 Å². The summed E-state index contributed by atoms with van der Waals surface area (Å²) in [5.74, 6) is 0. The van der Waals surface area contributed by atoms with Crippen LogP contribution in [0.15, 0.2) is 54.6 Å². The van der Waals surface area contributed by atoms with E-state index in [2.05, 4.69) is 9.88 Å². The molecule has 0 saturated heterocycles. The van der Waals surface area contributed by atoms with E-state index < -0.39 is 24.5 Å². The van der Waals surface area contributed by atoms with Gasteiger partial charge in [0.25, 0.3) is 0 Å². The van der Waals surface area contributed by atoms with E-state index in [1.807, 2.05) is 24.3 Å². The highest BCUT2D eigenvalue weighted by Crippen LogP contribution is 2.35. The molecule has 1 aromatic heterocycles. The first kappa shape index (κ1) is 21.8. The summed E-state index contributed by atoms with van der Waals surface area (Å²) in [4.78, 5) is 6.11. The summed E-state index contributed by atoms with van der Waals surface area (Å²) in [6, 6.07) is 16.2. The summed E-state index contributed by atoms with van der Waals surface area (Å²) in [7, 11) is 0. The minimum atomic E-state index is -4.37. The van der Waals surface area contributed by atoms with Crippen molar-refractivity contribution in [1.29, 1.82) is 5.26 Å². The van der Waals surface area contributed by atoms with Crippen LogP contribution in [0.1, 0.15) is 34.2 Å². The molecule has 2 N–H and O–H groups in total. The molecule has 0 radical (unpaired) electrons. The van der Waals surface area contributed by atoms with Gasteiger partial charge in [-0.25, -0.2) is 4.98 Å². The zero-order valence-electron chi connectivity index (χ0n) is 17.0. The standard InChI is InChI=1S/C24H20F3N3O2/c25-24(26,27)17-6-4-15(5-7-17)20-3-1-2-16-13-30(9-8-21(16)20)19-10-18(12-28)29-22(11-19)23(32)14-31/h1-7,10-11,23,31-32H,8-9,13-14H2. The second-order valence-corrected chi connectivity index (χ2v) is 7.64. The summed E-state index contributed by atoms with van der Waals surface area (Å²) < 4.78 is 38.7. The van der Waals surface area contributed by atoms with Crippen LogP contribution in [0.5, 0.6) is 0 Å². The first-order valence-corrected chi connectivity index (χ1v) is 10.0. The van der Waals surface area contributed by atoms with E-state index in [1.54, 1.807) is 12.1 Å². The minimum absolute atomic E-state index is 0.148. The van der Waals surface area contributed by atoms with Crippen LogP contribution >= 0.6 is 0 Å². The fourth-order valence-corrected chi connectivity index (χ4v) is 3.98. The van der Waals surface area contributed by atoms with Crippen LogP contribution in [0.2, 0.25) is 0 Å². The summed E-state index contributed by atoms with van der Waals surface area (Å²) in [6.07, 6.45) is -4.88. The van der Waals surface area contributed by atoms with E-state index in [0.717, 1.165) is 34.4 Å². The number of pyridine rings is 1. The second kappa shape index (κ2) is 8.61. The SMILES string of the molecule is N#Cc1cc(N2CCc3c(cccc3-c3ccc(C(F)(F)F)cc3)C2)cc(C(O)CO)n1. The first-order chi connectivity index (χ1) is 15.3. The summed E-state index contributed by atoms with van der Waals surface area (Å²) >= 11 is 0. The van der Waals surface area contributed by atoms with Crippen molar-refractivity contribution in [3.63, 3.8) is 0 Å². The van der Waals surface area contributed by atoms with Gasteiger partial charge >= 0.3 is 6.18 Å². The molecule has 0 amide bonds. The van der Waals surface area contributed by atoms with Crippen LogP contribution < -0.4 is 4.90 Å². The molecule has 8 heteroatoms. The van der Waals surface area contributed by atoms with E-state index in [0.29, 0.717) is 25.2 Å². The Labute approximate surface area is 183 Å². The molecule has 5 nitrogen and oxygen atoms in total. The molecule has 0 bridgehead atoms. The molecule has 0 spiro atoms. The van der Waals surface area contributed by atoms with Crippen molar-refractivity contribution >= 4 is 5.69 Å². The average molecular weight is 439 g/mol. The minimum Gasteiger partial charge on any atom is -0.393 e. The zero-order chi connectivity index (χ0) is 22.9. The van der Waals surface area contributed by atoms with Gasteiger partial charge in [0.05, 0.1) is 17.9 Å². The smallest absolute Gasteiger partial charge is 0.393 e. The van der Waals surface area contributed by atoms with E-state index in [9.17, 15) is 28.6 Å². The molecule has 1 unspecified atom stereocenters. The number of aliphatic hydroxyl groups excluding tert-OH is 2. The van der Waals surface area contributed by atoms with Crippen LogP contribution in [0.3, 0.4) is 0 Å². The van der Waals surface area contributed by atoms with Crippen LogP contribution in [-0.2, 0) is 19.1 Å². The number of fused-ring (bicyclic) bond motifs is 1. The monoisotopic (exact) mass is 439 g/mol. The second-order valence-electron chi connectivity index (χ2n) is 7.64. The van der Waals surface area contributed by atoms with Gasteiger partial charge in [0.1, 0.15) is 17.9 Å². The van der Waals surface area contributed by atoms with Gasteiger partial charge in [0, 0.05) is 18.8 Å². The van der Waals surface area contributed by atoms with Gasteiger partial charge < -0.3 is 15.1 Å². The highest BCUT2D eigenvalue weighted by atomic mass is 19.4. The molecule has 2 aromatic carbocycles. The molecule has 1 aliphatic rings. The van der Waals surface area contributed by atoms with E-state index in [4.69, 9.17) is 0 Å². The first-order valence-electron chi connectivity index (χ1n) is 10.0. The number of nitriles is 1. The number of hydrogen-bond acceptors (Lipinski definition) is 5. The maximum absolute atomic E-state index is 12.9. The third-order valence-corrected chi connectivity index (χ3v) is 5.61. The molecule has 0 saturated carbocycles. The normalized spacial score (nSPS) is 14.6. The topological polar surface area (TPSA) is 80.4 Å². The van der Waals surface area contributed by atoms with Gasteiger partial charge in [-0.15, -0.1) is 0 Å². The quantitative estimate of drug-likeness (QED) is 0.636. The van der Waals surface area contributed by atoms with Crippen molar-refractivity contribution in [2.75, 3.05) is 18.1 Å². The number of halogens is 3. The third-order valence-electron chi connectivity index (χ3n) is 5.61. The number of aromatic nitrogens is 1. The summed E-state index contributed by atoms with van der Waals surface area (Å²) in [6.45, 7) is 0.655. The van der Waals surface area contributed by atoms with E-state index in [1.165, 1.54) is 12.1 Å². The predicted octanol–water partition coefficient (Wildman–Crippen LogP) is 4.23. The van der Waals surface area contributed by atoms with Crippen LogP contribution in [-0.4, -0.2) is 28.3 Å². The fourth-order valence-electron chi connectivity index (χ4n) is 3.98. The Bertz CT molecular complexity index is 1170. The molecule has 32 heavy (non-hydrogen) atoms. The summed E-state index contributed by atoms with van der Waals surface area (Å²) in [5, 5.41) is 28.5. The lowest BCUT2D eigenvalue weighted by Gasteiger charge is -2.32. The number of alkyl halides is 3. The molecule has 1 atom stereocenters. The van der Waals surface area contributed by atoms with E-state index >= 15 is 0 Å². The maximum atomic E-state index is 12.9. The molecule has 2 heterocycles. The van der Waals surface area contributed by atoms with Crippen LogP contribution in [0.25, 0.3) is 11.1 Å². The Kier molecular flexibility index (Phi) is 5.87. The Morgan fingerprint density at radius 2 is 1.88 bits per heavy atom. The van der Waals surface area contributed by atoms with Gasteiger partial charge in [-0.2, -0.15) is 18.4 Å². The molecular formula is C24H20F3N3O2.